The van der Waals surface area contributed by atoms with Crippen molar-refractivity contribution in [3.05, 3.63) is 0 Å². The predicted octanol–water partition coefficient (Wildman–Crippen LogP) is 3.13. The van der Waals surface area contributed by atoms with Gasteiger partial charge >= 0.3 is 0 Å². The largest absolute Gasteiger partial charge is 0.370 e. The molecule has 0 amide bonds. The topological polar surface area (TPSA) is 12.5 Å². The Balaban J connectivity index is 1.89. The lowest BCUT2D eigenvalue weighted by atomic mass is 10.1. The summed E-state index contributed by atoms with van der Waals surface area (Å²) in [5, 5.41) is 0. The molecular formula is C10H20O. The van der Waals surface area contributed by atoms with Gasteiger partial charge in [0.25, 0.3) is 0 Å². The molecule has 1 nitrogen and oxygen atoms in total. The third-order valence-electron chi connectivity index (χ3n) is 2.37. The number of unbranched alkanes of at least 4 members (excludes halogenated alkanes) is 2. The van der Waals surface area contributed by atoms with Crippen LogP contribution in [0.1, 0.15) is 52.4 Å². The van der Waals surface area contributed by atoms with E-state index in [0.29, 0.717) is 12.2 Å². The standard InChI is InChI=1S/C10H20O/c1-3-5-7-9-10(11-9)8-6-4-2/h9-10H,3-8H2,1-2H3/t9-,10+. The SMILES string of the molecule is CCCC[C@@H]1O[C@@H]1CCCC. The number of hydrogen-bond donors (Lipinski definition) is 0. The highest BCUT2D eigenvalue weighted by atomic mass is 16.6. The Kier molecular flexibility index (Phi) is 3.92. The monoisotopic (exact) mass is 156 g/mol. The van der Waals surface area contributed by atoms with Gasteiger partial charge in [-0.1, -0.05) is 39.5 Å². The van der Waals surface area contributed by atoms with Crippen molar-refractivity contribution in [2.24, 2.45) is 0 Å². The fourth-order valence-corrected chi connectivity index (χ4v) is 1.50. The van der Waals surface area contributed by atoms with Gasteiger partial charge < -0.3 is 4.74 Å². The van der Waals surface area contributed by atoms with Crippen molar-refractivity contribution in [2.45, 2.75) is 64.6 Å². The first-order chi connectivity index (χ1) is 5.38. The molecule has 1 rings (SSSR count). The minimum absolute atomic E-state index is 0.640. The lowest BCUT2D eigenvalue weighted by Gasteiger charge is -1.92. The third kappa shape index (κ3) is 3.24. The highest BCUT2D eigenvalue weighted by molar-refractivity contribution is 4.83. The molecule has 0 aromatic rings. The molecule has 0 N–H and O–H groups in total. The van der Waals surface area contributed by atoms with E-state index in [4.69, 9.17) is 4.74 Å². The van der Waals surface area contributed by atoms with E-state index in [9.17, 15) is 0 Å². The fourth-order valence-electron chi connectivity index (χ4n) is 1.50. The van der Waals surface area contributed by atoms with Gasteiger partial charge in [-0.3, -0.25) is 0 Å². The van der Waals surface area contributed by atoms with Crippen LogP contribution in [0.3, 0.4) is 0 Å². The minimum atomic E-state index is 0.640. The third-order valence-corrected chi connectivity index (χ3v) is 2.37. The lowest BCUT2D eigenvalue weighted by Crippen LogP contribution is -1.93. The average Bonchev–Trinajstić information content (AvgIpc) is 2.76. The highest BCUT2D eigenvalue weighted by Crippen LogP contribution is 2.30. The van der Waals surface area contributed by atoms with Gasteiger partial charge in [0, 0.05) is 0 Å². The molecule has 0 saturated carbocycles. The van der Waals surface area contributed by atoms with E-state index in [-0.39, 0.29) is 0 Å². The molecule has 1 heteroatoms. The van der Waals surface area contributed by atoms with Crippen molar-refractivity contribution in [1.29, 1.82) is 0 Å². The fraction of sp³-hybridized carbons (Fsp3) is 1.00. The van der Waals surface area contributed by atoms with Crippen LogP contribution in [0.25, 0.3) is 0 Å². The smallest absolute Gasteiger partial charge is 0.0841 e. The van der Waals surface area contributed by atoms with Crippen molar-refractivity contribution in [2.75, 3.05) is 0 Å². The van der Waals surface area contributed by atoms with Crippen LogP contribution in [-0.2, 0) is 4.74 Å². The van der Waals surface area contributed by atoms with Gasteiger partial charge in [-0.2, -0.15) is 0 Å². The Hall–Kier alpha value is -0.0400. The summed E-state index contributed by atoms with van der Waals surface area (Å²) in [6.45, 7) is 4.48. The van der Waals surface area contributed by atoms with Crippen LogP contribution in [0.15, 0.2) is 0 Å². The van der Waals surface area contributed by atoms with E-state index in [1.807, 2.05) is 0 Å². The molecule has 0 aliphatic carbocycles. The van der Waals surface area contributed by atoms with E-state index in [1.54, 1.807) is 0 Å². The van der Waals surface area contributed by atoms with Gasteiger partial charge in [0.2, 0.25) is 0 Å². The van der Waals surface area contributed by atoms with E-state index in [1.165, 1.54) is 38.5 Å². The molecule has 0 unspecified atom stereocenters. The predicted molar refractivity (Wildman–Crippen MR) is 47.7 cm³/mol. The summed E-state index contributed by atoms with van der Waals surface area (Å²) in [6.07, 6.45) is 9.17. The normalized spacial score (nSPS) is 28.9. The zero-order chi connectivity index (χ0) is 8.10. The summed E-state index contributed by atoms with van der Waals surface area (Å²) >= 11 is 0. The molecule has 11 heavy (non-hydrogen) atoms. The summed E-state index contributed by atoms with van der Waals surface area (Å²) < 4.78 is 5.52. The van der Waals surface area contributed by atoms with Crippen LogP contribution >= 0.6 is 0 Å². The molecule has 0 aromatic carbocycles. The summed E-state index contributed by atoms with van der Waals surface area (Å²) in [5.41, 5.74) is 0. The second-order valence-electron chi connectivity index (χ2n) is 3.50. The van der Waals surface area contributed by atoms with Crippen molar-refractivity contribution in [3.63, 3.8) is 0 Å². The van der Waals surface area contributed by atoms with E-state index in [2.05, 4.69) is 13.8 Å². The molecular weight excluding hydrogens is 136 g/mol. The Morgan fingerprint density at radius 1 is 0.909 bits per heavy atom. The van der Waals surface area contributed by atoms with Gasteiger partial charge in [-0.25, -0.2) is 0 Å². The molecule has 1 saturated heterocycles. The Morgan fingerprint density at radius 3 is 1.73 bits per heavy atom. The van der Waals surface area contributed by atoms with E-state index >= 15 is 0 Å². The molecule has 66 valence electrons. The highest BCUT2D eigenvalue weighted by Gasteiger charge is 2.36. The second kappa shape index (κ2) is 4.76. The molecule has 1 fully saturated rings. The first-order valence-electron chi connectivity index (χ1n) is 5.04. The first-order valence-corrected chi connectivity index (χ1v) is 5.04. The summed E-state index contributed by atoms with van der Waals surface area (Å²) in [7, 11) is 0. The Labute approximate surface area is 70.1 Å². The molecule has 0 aromatic heterocycles. The van der Waals surface area contributed by atoms with Crippen LogP contribution in [-0.4, -0.2) is 12.2 Å². The van der Waals surface area contributed by atoms with Crippen LogP contribution in [0.2, 0.25) is 0 Å². The summed E-state index contributed by atoms with van der Waals surface area (Å²) in [4.78, 5) is 0. The number of ether oxygens (including phenoxy) is 1. The zero-order valence-electron chi connectivity index (χ0n) is 7.81. The molecule has 1 heterocycles. The van der Waals surface area contributed by atoms with Crippen molar-refractivity contribution in [1.82, 2.24) is 0 Å². The Morgan fingerprint density at radius 2 is 1.36 bits per heavy atom. The first kappa shape index (κ1) is 9.05. The van der Waals surface area contributed by atoms with E-state index < -0.39 is 0 Å². The molecule has 0 spiro atoms. The number of epoxide rings is 1. The number of hydrogen-bond acceptors (Lipinski definition) is 1. The minimum Gasteiger partial charge on any atom is -0.370 e. The van der Waals surface area contributed by atoms with Crippen LogP contribution in [0.4, 0.5) is 0 Å². The van der Waals surface area contributed by atoms with Crippen molar-refractivity contribution < 1.29 is 4.74 Å². The maximum Gasteiger partial charge on any atom is 0.0841 e. The molecule has 0 radical (unpaired) electrons. The Bertz CT molecular complexity index is 89.0. The summed E-state index contributed by atoms with van der Waals surface area (Å²) in [5.74, 6) is 0. The summed E-state index contributed by atoms with van der Waals surface area (Å²) in [6, 6.07) is 0. The van der Waals surface area contributed by atoms with Crippen molar-refractivity contribution >= 4 is 0 Å². The lowest BCUT2D eigenvalue weighted by molar-refractivity contribution is 0.350. The van der Waals surface area contributed by atoms with Gasteiger partial charge in [0.05, 0.1) is 12.2 Å². The number of rotatable bonds is 6. The van der Waals surface area contributed by atoms with Crippen LogP contribution in [0.5, 0.6) is 0 Å². The van der Waals surface area contributed by atoms with Gasteiger partial charge in [-0.05, 0) is 12.8 Å². The average molecular weight is 156 g/mol. The second-order valence-corrected chi connectivity index (χ2v) is 3.50. The quantitative estimate of drug-likeness (QED) is 0.538. The van der Waals surface area contributed by atoms with Gasteiger partial charge in [-0.15, -0.1) is 0 Å². The maximum atomic E-state index is 5.52. The van der Waals surface area contributed by atoms with E-state index in [0.717, 1.165) is 0 Å². The van der Waals surface area contributed by atoms with Crippen LogP contribution < -0.4 is 0 Å². The maximum absolute atomic E-state index is 5.52. The van der Waals surface area contributed by atoms with Gasteiger partial charge in [0.15, 0.2) is 0 Å². The van der Waals surface area contributed by atoms with Crippen LogP contribution in [0, 0.1) is 0 Å². The van der Waals surface area contributed by atoms with Crippen molar-refractivity contribution in [3.8, 4) is 0 Å². The molecule has 2 atom stereocenters. The molecule has 1 aliphatic rings. The van der Waals surface area contributed by atoms with Gasteiger partial charge in [0.1, 0.15) is 0 Å². The molecule has 0 bridgehead atoms. The molecule has 1 aliphatic heterocycles. The zero-order valence-corrected chi connectivity index (χ0v) is 7.81.